The number of hydrogen-bond acceptors (Lipinski definition) is 3. The number of hydrogen-bond donors (Lipinski definition) is 0. The fourth-order valence-electron chi connectivity index (χ4n) is 3.09. The van der Waals surface area contributed by atoms with Gasteiger partial charge in [0.05, 0.1) is 13.2 Å². The van der Waals surface area contributed by atoms with Gasteiger partial charge >= 0.3 is 0 Å². The summed E-state index contributed by atoms with van der Waals surface area (Å²) in [5.41, 5.74) is 1.79. The Hall–Kier alpha value is -1.74. The van der Waals surface area contributed by atoms with Gasteiger partial charge in [-0.05, 0) is 24.8 Å². The molecule has 0 heterocycles. The topological polar surface area (TPSA) is 43.4 Å². The summed E-state index contributed by atoms with van der Waals surface area (Å²) in [6.45, 7) is 7.00. The summed E-state index contributed by atoms with van der Waals surface area (Å²) < 4.78 is 5.72. The minimum Gasteiger partial charge on any atom is -0.376 e. The van der Waals surface area contributed by atoms with Crippen LogP contribution in [0, 0.1) is 11.3 Å². The van der Waals surface area contributed by atoms with Crippen LogP contribution in [0.3, 0.4) is 0 Å². The molecule has 0 spiro atoms. The lowest BCUT2D eigenvalue weighted by atomic mass is 9.83. The second-order valence-corrected chi connectivity index (χ2v) is 7.87. The van der Waals surface area contributed by atoms with Crippen molar-refractivity contribution in [1.29, 1.82) is 0 Å². The summed E-state index contributed by atoms with van der Waals surface area (Å²) in [4.78, 5) is 24.6. The van der Waals surface area contributed by atoms with E-state index in [4.69, 9.17) is 4.74 Å². The minimum absolute atomic E-state index is 0.0552. The van der Waals surface area contributed by atoms with E-state index in [0.717, 1.165) is 30.4 Å². The van der Waals surface area contributed by atoms with E-state index in [-0.39, 0.29) is 22.9 Å². The molecule has 1 aliphatic rings. The van der Waals surface area contributed by atoms with Crippen LogP contribution in [0.15, 0.2) is 42.0 Å². The Kier molecular flexibility index (Phi) is 7.12. The standard InChI is InChI=1S/C22H30O3/c1-22(2,3)21(24)15-18(19-12-7-13-20(19)23)11-8-14-25-16-17-9-5-4-6-10-17/h4-6,9-11,19H,7-8,12-16H2,1-3H3/b18-11+. The maximum Gasteiger partial charge on any atom is 0.142 e. The van der Waals surface area contributed by atoms with Crippen LogP contribution in [0.25, 0.3) is 0 Å². The largest absolute Gasteiger partial charge is 0.376 e. The first-order valence-electron chi connectivity index (χ1n) is 9.24. The molecular formula is C22H30O3. The van der Waals surface area contributed by atoms with Crippen LogP contribution in [0.2, 0.25) is 0 Å². The lowest BCUT2D eigenvalue weighted by molar-refractivity contribution is -0.125. The summed E-state index contributed by atoms with van der Waals surface area (Å²) in [5.74, 6) is 0.433. The quantitative estimate of drug-likeness (QED) is 0.499. The van der Waals surface area contributed by atoms with Crippen LogP contribution < -0.4 is 0 Å². The fourth-order valence-corrected chi connectivity index (χ4v) is 3.09. The molecule has 0 N–H and O–H groups in total. The van der Waals surface area contributed by atoms with Gasteiger partial charge in [0.25, 0.3) is 0 Å². The number of rotatable bonds is 8. The molecule has 3 nitrogen and oxygen atoms in total. The molecule has 1 unspecified atom stereocenters. The van der Waals surface area contributed by atoms with Crippen molar-refractivity contribution in [2.24, 2.45) is 11.3 Å². The van der Waals surface area contributed by atoms with Crippen molar-refractivity contribution in [2.75, 3.05) is 6.61 Å². The molecule has 0 radical (unpaired) electrons. The average Bonchev–Trinajstić information content (AvgIpc) is 2.99. The zero-order chi connectivity index (χ0) is 18.3. The van der Waals surface area contributed by atoms with Gasteiger partial charge in [-0.25, -0.2) is 0 Å². The molecule has 1 saturated carbocycles. The zero-order valence-electron chi connectivity index (χ0n) is 15.7. The second-order valence-electron chi connectivity index (χ2n) is 7.87. The summed E-state index contributed by atoms with van der Waals surface area (Å²) in [7, 11) is 0. The van der Waals surface area contributed by atoms with Gasteiger partial charge in [-0.3, -0.25) is 9.59 Å². The third kappa shape index (κ3) is 6.24. The number of ketones is 2. The zero-order valence-corrected chi connectivity index (χ0v) is 15.7. The molecule has 136 valence electrons. The Morgan fingerprint density at radius 3 is 2.56 bits per heavy atom. The molecule has 0 aromatic heterocycles. The van der Waals surface area contributed by atoms with Crippen molar-refractivity contribution < 1.29 is 14.3 Å². The van der Waals surface area contributed by atoms with E-state index in [1.54, 1.807) is 0 Å². The number of Topliss-reactive ketones (excluding diaryl/α,β-unsaturated/α-hetero) is 2. The van der Waals surface area contributed by atoms with Crippen molar-refractivity contribution >= 4 is 11.6 Å². The van der Waals surface area contributed by atoms with Gasteiger partial charge in [-0.15, -0.1) is 0 Å². The highest BCUT2D eigenvalue weighted by Gasteiger charge is 2.31. The molecule has 1 fully saturated rings. The van der Waals surface area contributed by atoms with Crippen LogP contribution in [0.4, 0.5) is 0 Å². The highest BCUT2D eigenvalue weighted by atomic mass is 16.5. The molecule has 0 bridgehead atoms. The van der Waals surface area contributed by atoms with Crippen LogP contribution in [-0.2, 0) is 20.9 Å². The van der Waals surface area contributed by atoms with E-state index in [9.17, 15) is 9.59 Å². The van der Waals surface area contributed by atoms with Crippen molar-refractivity contribution in [1.82, 2.24) is 0 Å². The molecule has 1 atom stereocenters. The predicted octanol–water partition coefficient (Wildman–Crippen LogP) is 4.89. The molecule has 1 aliphatic carbocycles. The molecule has 2 rings (SSSR count). The first-order valence-corrected chi connectivity index (χ1v) is 9.24. The van der Waals surface area contributed by atoms with Crippen LogP contribution in [-0.4, -0.2) is 18.2 Å². The summed E-state index contributed by atoms with van der Waals surface area (Å²) in [6.07, 6.45) is 5.67. The van der Waals surface area contributed by atoms with E-state index in [1.807, 2.05) is 51.1 Å². The van der Waals surface area contributed by atoms with Crippen molar-refractivity contribution in [3.63, 3.8) is 0 Å². The normalized spacial score (nSPS) is 18.6. The monoisotopic (exact) mass is 342 g/mol. The Morgan fingerprint density at radius 1 is 1.24 bits per heavy atom. The van der Waals surface area contributed by atoms with E-state index in [1.165, 1.54) is 0 Å². The van der Waals surface area contributed by atoms with Gasteiger partial charge in [0.2, 0.25) is 0 Å². The van der Waals surface area contributed by atoms with Gasteiger partial charge in [-0.2, -0.15) is 0 Å². The first-order chi connectivity index (χ1) is 11.9. The Bertz CT molecular complexity index is 608. The van der Waals surface area contributed by atoms with Gasteiger partial charge < -0.3 is 4.74 Å². The third-order valence-electron chi connectivity index (χ3n) is 4.73. The van der Waals surface area contributed by atoms with E-state index in [0.29, 0.717) is 26.1 Å². The van der Waals surface area contributed by atoms with Gasteiger partial charge in [0, 0.05) is 24.2 Å². The number of carbonyl (C=O) groups is 2. The summed E-state index contributed by atoms with van der Waals surface area (Å²) in [5, 5.41) is 0. The molecule has 25 heavy (non-hydrogen) atoms. The smallest absolute Gasteiger partial charge is 0.142 e. The van der Waals surface area contributed by atoms with E-state index >= 15 is 0 Å². The Morgan fingerprint density at radius 2 is 1.96 bits per heavy atom. The molecule has 1 aromatic carbocycles. The molecule has 1 aromatic rings. The van der Waals surface area contributed by atoms with Gasteiger partial charge in [0.15, 0.2) is 0 Å². The minimum atomic E-state index is -0.370. The number of ether oxygens (including phenoxy) is 1. The molecular weight excluding hydrogens is 312 g/mol. The molecule has 0 aliphatic heterocycles. The van der Waals surface area contributed by atoms with Crippen molar-refractivity contribution in [3.8, 4) is 0 Å². The fraction of sp³-hybridized carbons (Fsp3) is 0.545. The molecule has 3 heteroatoms. The lowest BCUT2D eigenvalue weighted by Gasteiger charge is -2.20. The van der Waals surface area contributed by atoms with Crippen molar-refractivity contribution in [2.45, 2.75) is 59.5 Å². The summed E-state index contributed by atoms with van der Waals surface area (Å²) in [6, 6.07) is 10.1. The van der Waals surface area contributed by atoms with Gasteiger partial charge in [-0.1, -0.05) is 62.8 Å². The maximum atomic E-state index is 12.4. The number of carbonyl (C=O) groups excluding carboxylic acids is 2. The SMILES string of the molecule is CC(C)(C)C(=O)C/C(=C\CCOCc1ccccc1)C1CCCC1=O. The Labute approximate surface area is 151 Å². The lowest BCUT2D eigenvalue weighted by Crippen LogP contribution is -2.23. The number of benzene rings is 1. The maximum absolute atomic E-state index is 12.4. The average molecular weight is 342 g/mol. The molecule has 0 amide bonds. The summed E-state index contributed by atoms with van der Waals surface area (Å²) >= 11 is 0. The van der Waals surface area contributed by atoms with E-state index in [2.05, 4.69) is 6.08 Å². The van der Waals surface area contributed by atoms with Gasteiger partial charge in [0.1, 0.15) is 11.6 Å². The first kappa shape index (κ1) is 19.6. The Balaban J connectivity index is 1.91. The number of allylic oxidation sites excluding steroid dienone is 1. The molecule has 0 saturated heterocycles. The van der Waals surface area contributed by atoms with Crippen LogP contribution >= 0.6 is 0 Å². The van der Waals surface area contributed by atoms with Crippen molar-refractivity contribution in [3.05, 3.63) is 47.5 Å². The second kappa shape index (κ2) is 9.10. The van der Waals surface area contributed by atoms with E-state index < -0.39 is 0 Å². The highest BCUT2D eigenvalue weighted by molar-refractivity contribution is 5.90. The third-order valence-corrected chi connectivity index (χ3v) is 4.73. The highest BCUT2D eigenvalue weighted by Crippen LogP contribution is 2.32. The van der Waals surface area contributed by atoms with Crippen LogP contribution in [0.1, 0.15) is 58.4 Å². The van der Waals surface area contributed by atoms with Crippen LogP contribution in [0.5, 0.6) is 0 Å². The predicted molar refractivity (Wildman–Crippen MR) is 100 cm³/mol.